The fraction of sp³-hybridized carbons (Fsp3) is 0.160. The van der Waals surface area contributed by atoms with Crippen molar-refractivity contribution < 1.29 is 14.4 Å². The van der Waals surface area contributed by atoms with Crippen LogP contribution in [0.5, 0.6) is 0 Å². The van der Waals surface area contributed by atoms with E-state index in [0.717, 1.165) is 16.0 Å². The van der Waals surface area contributed by atoms with Crippen molar-refractivity contribution >= 4 is 29.9 Å². The van der Waals surface area contributed by atoms with E-state index >= 15 is 0 Å². The van der Waals surface area contributed by atoms with Crippen LogP contribution in [0, 0.1) is 12.3 Å². The molecular formula is C25H25N3O3. The standard InChI is InChI=1S/C25H25N3O3/c1-5-20(21-13-9-7-11-17(21)3)18(4)26-25(31)22-14-10-8-12-19(22)15-16-24(30)28-27-23(29)6-2/h2,5,7-14,18H,1,3,15-16H2,4H3,(H,26,31)(H,27,29)(H,28,30)/b21-20+. The average molecular weight is 415 g/mol. The molecule has 0 radical (unpaired) electrons. The molecule has 0 heterocycles. The van der Waals surface area contributed by atoms with E-state index in [-0.39, 0.29) is 18.4 Å². The highest BCUT2D eigenvalue weighted by Gasteiger charge is 2.16. The monoisotopic (exact) mass is 415 g/mol. The summed E-state index contributed by atoms with van der Waals surface area (Å²) in [4.78, 5) is 35.9. The fourth-order valence-corrected chi connectivity index (χ4v) is 3.11. The number of rotatable bonds is 7. The molecule has 158 valence electrons. The average Bonchev–Trinajstić information content (AvgIpc) is 2.77. The summed E-state index contributed by atoms with van der Waals surface area (Å²) in [7, 11) is 0. The second-order valence-corrected chi connectivity index (χ2v) is 6.82. The highest BCUT2D eigenvalue weighted by Crippen LogP contribution is 2.13. The Labute approximate surface area is 181 Å². The number of carbonyl (C=O) groups excluding carboxylic acids is 3. The molecule has 0 aromatic heterocycles. The minimum Gasteiger partial charge on any atom is -0.345 e. The van der Waals surface area contributed by atoms with Crippen molar-refractivity contribution in [2.75, 3.05) is 0 Å². The molecule has 1 atom stereocenters. The summed E-state index contributed by atoms with van der Waals surface area (Å²) in [6.45, 7) is 9.80. The number of nitrogens with one attached hydrogen (secondary N) is 3. The van der Waals surface area contributed by atoms with Gasteiger partial charge in [-0.3, -0.25) is 25.2 Å². The van der Waals surface area contributed by atoms with Crippen molar-refractivity contribution in [2.24, 2.45) is 0 Å². The van der Waals surface area contributed by atoms with Gasteiger partial charge in [0.2, 0.25) is 5.91 Å². The topological polar surface area (TPSA) is 87.3 Å². The van der Waals surface area contributed by atoms with Crippen LogP contribution in [0.2, 0.25) is 0 Å². The van der Waals surface area contributed by atoms with Crippen molar-refractivity contribution in [2.45, 2.75) is 25.8 Å². The van der Waals surface area contributed by atoms with Crippen LogP contribution in [0.1, 0.15) is 29.3 Å². The Hall–Kier alpha value is -4.11. The van der Waals surface area contributed by atoms with Crippen molar-refractivity contribution in [3.8, 4) is 12.3 Å². The molecule has 0 saturated heterocycles. The Morgan fingerprint density at radius 1 is 1.10 bits per heavy atom. The lowest BCUT2D eigenvalue weighted by Crippen LogP contribution is -2.41. The summed E-state index contributed by atoms with van der Waals surface area (Å²) >= 11 is 0. The van der Waals surface area contributed by atoms with E-state index in [1.54, 1.807) is 30.3 Å². The lowest BCUT2D eigenvalue weighted by atomic mass is 10.00. The van der Waals surface area contributed by atoms with Crippen LogP contribution in [0.3, 0.4) is 0 Å². The van der Waals surface area contributed by atoms with E-state index in [0.29, 0.717) is 17.5 Å². The van der Waals surface area contributed by atoms with E-state index in [1.165, 1.54) is 0 Å². The third-order valence-electron chi connectivity index (χ3n) is 4.69. The number of amides is 3. The lowest BCUT2D eigenvalue weighted by molar-refractivity contribution is -0.126. The number of benzene rings is 2. The number of aryl methyl sites for hydroxylation is 1. The second-order valence-electron chi connectivity index (χ2n) is 6.82. The molecule has 0 aliphatic heterocycles. The van der Waals surface area contributed by atoms with Gasteiger partial charge in [-0.15, -0.1) is 6.42 Å². The first kappa shape index (κ1) is 23.2. The molecule has 0 spiro atoms. The summed E-state index contributed by atoms with van der Waals surface area (Å²) in [5.41, 5.74) is 6.37. The first-order valence-corrected chi connectivity index (χ1v) is 9.72. The summed E-state index contributed by atoms with van der Waals surface area (Å²) < 4.78 is 0. The maximum absolute atomic E-state index is 13.0. The largest absolute Gasteiger partial charge is 0.345 e. The molecule has 0 aliphatic carbocycles. The second kappa shape index (κ2) is 11.2. The molecule has 3 N–H and O–H groups in total. The quantitative estimate of drug-likeness (QED) is 0.465. The molecule has 0 fully saturated rings. The third-order valence-corrected chi connectivity index (χ3v) is 4.69. The molecule has 0 aliphatic rings. The Balaban J connectivity index is 2.14. The molecule has 1 unspecified atom stereocenters. The summed E-state index contributed by atoms with van der Waals surface area (Å²) in [5, 5.41) is 4.76. The van der Waals surface area contributed by atoms with E-state index in [1.807, 2.05) is 37.1 Å². The number of carbonyl (C=O) groups is 3. The Kier molecular flexibility index (Phi) is 8.35. The SMILES string of the molecule is C#CC(=O)NNC(=O)CCc1ccccc1C(=O)NC(C)/C(C=C)=c1\ccccc1=C. The van der Waals surface area contributed by atoms with E-state index in [2.05, 4.69) is 29.3 Å². The van der Waals surface area contributed by atoms with Gasteiger partial charge in [0.1, 0.15) is 0 Å². The van der Waals surface area contributed by atoms with Gasteiger partial charge < -0.3 is 5.32 Å². The van der Waals surface area contributed by atoms with Crippen molar-refractivity contribution in [3.05, 3.63) is 82.8 Å². The van der Waals surface area contributed by atoms with Gasteiger partial charge in [-0.05, 0) is 46.9 Å². The third kappa shape index (κ3) is 6.44. The number of hydrogen-bond acceptors (Lipinski definition) is 3. The van der Waals surface area contributed by atoms with Crippen LogP contribution >= 0.6 is 0 Å². The highest BCUT2D eigenvalue weighted by molar-refractivity contribution is 5.97. The summed E-state index contributed by atoms with van der Waals surface area (Å²) in [5.74, 6) is 0.424. The smallest absolute Gasteiger partial charge is 0.314 e. The number of terminal acetylenes is 1. The van der Waals surface area contributed by atoms with E-state index in [9.17, 15) is 14.4 Å². The zero-order valence-corrected chi connectivity index (χ0v) is 17.4. The van der Waals surface area contributed by atoms with Crippen LogP contribution in [-0.4, -0.2) is 23.8 Å². The van der Waals surface area contributed by atoms with Gasteiger partial charge in [0.15, 0.2) is 0 Å². The Morgan fingerprint density at radius 2 is 1.77 bits per heavy atom. The Morgan fingerprint density at radius 3 is 2.45 bits per heavy atom. The maximum Gasteiger partial charge on any atom is 0.314 e. The van der Waals surface area contributed by atoms with Gasteiger partial charge in [-0.1, -0.05) is 61.7 Å². The van der Waals surface area contributed by atoms with Crippen LogP contribution in [0.15, 0.2) is 61.2 Å². The number of hydrogen-bond donors (Lipinski definition) is 3. The van der Waals surface area contributed by atoms with Gasteiger partial charge in [-0.25, -0.2) is 0 Å². The molecule has 0 saturated carbocycles. The van der Waals surface area contributed by atoms with Gasteiger partial charge in [0, 0.05) is 12.0 Å². The fourth-order valence-electron chi connectivity index (χ4n) is 3.11. The molecular weight excluding hydrogens is 390 g/mol. The molecule has 6 nitrogen and oxygen atoms in total. The molecule has 2 aromatic carbocycles. The van der Waals surface area contributed by atoms with Crippen LogP contribution in [0.25, 0.3) is 12.2 Å². The molecule has 31 heavy (non-hydrogen) atoms. The first-order valence-electron chi connectivity index (χ1n) is 9.72. The van der Waals surface area contributed by atoms with Gasteiger partial charge in [0.05, 0.1) is 6.04 Å². The predicted molar refractivity (Wildman–Crippen MR) is 122 cm³/mol. The zero-order valence-electron chi connectivity index (χ0n) is 17.4. The molecule has 3 amide bonds. The summed E-state index contributed by atoms with van der Waals surface area (Å²) in [6.07, 6.45) is 7.03. The van der Waals surface area contributed by atoms with Crippen molar-refractivity contribution in [1.29, 1.82) is 0 Å². The van der Waals surface area contributed by atoms with Crippen LogP contribution in [0.4, 0.5) is 0 Å². The molecule has 6 heteroatoms. The van der Waals surface area contributed by atoms with Gasteiger partial charge in [-0.2, -0.15) is 0 Å². The summed E-state index contributed by atoms with van der Waals surface area (Å²) in [6, 6.07) is 14.4. The van der Waals surface area contributed by atoms with E-state index < -0.39 is 11.8 Å². The Bertz CT molecular complexity index is 1150. The number of hydrazine groups is 1. The minimum atomic E-state index is -0.736. The minimum absolute atomic E-state index is 0.0730. The predicted octanol–water partition coefficient (Wildman–Crippen LogP) is 0.965. The van der Waals surface area contributed by atoms with Crippen molar-refractivity contribution in [3.63, 3.8) is 0 Å². The van der Waals surface area contributed by atoms with Gasteiger partial charge in [0.25, 0.3) is 5.91 Å². The molecule has 2 aromatic rings. The normalized spacial score (nSPS) is 12.0. The highest BCUT2D eigenvalue weighted by atomic mass is 16.2. The molecule has 0 bridgehead atoms. The maximum atomic E-state index is 13.0. The van der Waals surface area contributed by atoms with Crippen molar-refractivity contribution in [1.82, 2.24) is 16.2 Å². The first-order chi connectivity index (χ1) is 14.9. The van der Waals surface area contributed by atoms with E-state index in [4.69, 9.17) is 6.42 Å². The van der Waals surface area contributed by atoms with Crippen LogP contribution in [-0.2, 0) is 16.0 Å². The van der Waals surface area contributed by atoms with Crippen LogP contribution < -0.4 is 26.6 Å². The zero-order chi connectivity index (χ0) is 22.8. The lowest BCUT2D eigenvalue weighted by Gasteiger charge is -2.17. The van der Waals surface area contributed by atoms with Gasteiger partial charge >= 0.3 is 5.91 Å². The molecule has 2 rings (SSSR count).